The molecular formula is C45H18B10N4O. The largest absolute Gasteiger partial charge is 0.456 e. The number of fused-ring (bicyclic) bond motifs is 6. The molecule has 0 aliphatic heterocycles. The number of furan rings is 1. The van der Waals surface area contributed by atoms with Crippen molar-refractivity contribution in [3.8, 4) is 51.0 Å². The lowest BCUT2D eigenvalue weighted by atomic mass is 9.60. The first kappa shape index (κ1) is 38.0. The summed E-state index contributed by atoms with van der Waals surface area (Å²) in [6.45, 7) is 0. The van der Waals surface area contributed by atoms with Crippen LogP contribution in [0, 0.1) is 0 Å². The first-order valence-electron chi connectivity index (χ1n) is 18.8. The SMILES string of the molecule is [B]c1c([B])c([B])c(-c2nc(-c3c([B])c([B])c([B])c([B])c3[B])nc(-c3cccc4oc5cc(-c6ccc7c(c6)c6ccccc6n7-c6ccccc6)ccc5c34)n2)c([B])c1[B]. The Bertz CT molecular complexity index is 3310. The number of rotatable bonds is 5. The number of hydrogen-bond acceptors (Lipinski definition) is 4. The van der Waals surface area contributed by atoms with Gasteiger partial charge < -0.3 is 8.98 Å². The van der Waals surface area contributed by atoms with Crippen molar-refractivity contribution in [3.05, 3.63) is 109 Å². The van der Waals surface area contributed by atoms with E-state index in [9.17, 15) is 0 Å². The van der Waals surface area contributed by atoms with Gasteiger partial charge in [0.2, 0.25) is 0 Å². The van der Waals surface area contributed by atoms with E-state index in [1.807, 2.05) is 48.5 Å². The molecular weight excluding hydrogens is 721 g/mol. The summed E-state index contributed by atoms with van der Waals surface area (Å²) in [7, 11) is 63.5. The van der Waals surface area contributed by atoms with Gasteiger partial charge in [-0.2, -0.15) is 0 Å². The van der Waals surface area contributed by atoms with Crippen molar-refractivity contribution in [2.45, 2.75) is 0 Å². The van der Waals surface area contributed by atoms with Gasteiger partial charge in [-0.05, 0) is 59.7 Å². The van der Waals surface area contributed by atoms with Crippen LogP contribution in [0.5, 0.6) is 0 Å². The molecule has 15 heteroatoms. The summed E-state index contributed by atoms with van der Waals surface area (Å²) in [5, 5.41) is 3.84. The first-order chi connectivity index (χ1) is 28.9. The number of para-hydroxylation sites is 2. The van der Waals surface area contributed by atoms with Gasteiger partial charge in [-0.15, -0.1) is 32.8 Å². The molecule has 0 unspecified atom stereocenters. The van der Waals surface area contributed by atoms with Crippen LogP contribution in [0.2, 0.25) is 0 Å². The van der Waals surface area contributed by atoms with E-state index in [0.717, 1.165) is 49.4 Å². The molecule has 7 aromatic carbocycles. The van der Waals surface area contributed by atoms with Gasteiger partial charge in [0.1, 0.15) is 89.6 Å². The molecule has 0 fully saturated rings. The second-order valence-corrected chi connectivity index (χ2v) is 14.6. The fourth-order valence-electron chi connectivity index (χ4n) is 8.10. The van der Waals surface area contributed by atoms with E-state index in [0.29, 0.717) is 16.7 Å². The maximum absolute atomic E-state index is 6.54. The van der Waals surface area contributed by atoms with Gasteiger partial charge in [0.15, 0.2) is 17.5 Å². The molecule has 0 spiro atoms. The van der Waals surface area contributed by atoms with Gasteiger partial charge in [0.25, 0.3) is 0 Å². The second-order valence-electron chi connectivity index (χ2n) is 14.6. The van der Waals surface area contributed by atoms with Crippen LogP contribution in [-0.4, -0.2) is 98.0 Å². The standard InChI is InChI=1S/C45H18B10N4O/c46-33-31(34(47)38(51)41(54)37(33)50)44-56-43(57-45(58-44)32-35(48)39(52)42(55)40(53)36(32)49)24-10-6-12-28-30(24)23-15-13-20(18-29(23)60-28)19-14-16-27-25(17-19)22-9-4-5-11-26(22)59(27)21-7-2-1-3-8-21/h1-18H. The van der Waals surface area contributed by atoms with Crippen molar-refractivity contribution >= 4 is 177 Å². The smallest absolute Gasteiger partial charge is 0.164 e. The Morgan fingerprint density at radius 1 is 0.383 bits per heavy atom. The van der Waals surface area contributed by atoms with Gasteiger partial charge in [0.05, 0.1) is 11.0 Å². The second kappa shape index (κ2) is 14.2. The zero-order valence-electron chi connectivity index (χ0n) is 31.9. The van der Waals surface area contributed by atoms with Gasteiger partial charge in [-0.1, -0.05) is 82.5 Å². The maximum atomic E-state index is 6.54. The third kappa shape index (κ3) is 5.73. The average Bonchev–Trinajstić information content (AvgIpc) is 3.82. The lowest BCUT2D eigenvalue weighted by Crippen LogP contribution is -2.55. The van der Waals surface area contributed by atoms with Gasteiger partial charge >= 0.3 is 0 Å². The number of aromatic nitrogens is 4. The average molecular weight is 739 g/mol. The molecule has 0 amide bonds. The van der Waals surface area contributed by atoms with E-state index in [2.05, 4.69) is 65.2 Å². The van der Waals surface area contributed by atoms with E-state index in [-0.39, 0.29) is 83.2 Å². The Kier molecular flexibility index (Phi) is 9.02. The first-order valence-corrected chi connectivity index (χ1v) is 18.8. The molecule has 0 N–H and O–H groups in total. The van der Waals surface area contributed by atoms with Crippen molar-refractivity contribution in [2.24, 2.45) is 0 Å². The molecule has 0 atom stereocenters. The van der Waals surface area contributed by atoms with Crippen molar-refractivity contribution in [2.75, 3.05) is 0 Å². The lowest BCUT2D eigenvalue weighted by Gasteiger charge is -2.22. The zero-order valence-corrected chi connectivity index (χ0v) is 31.9. The number of nitrogens with zero attached hydrogens (tertiary/aromatic N) is 4. The molecule has 0 saturated heterocycles. The molecule has 10 aromatic rings. The van der Waals surface area contributed by atoms with Crippen molar-refractivity contribution < 1.29 is 4.42 Å². The van der Waals surface area contributed by atoms with Crippen LogP contribution in [0.15, 0.2) is 114 Å². The van der Waals surface area contributed by atoms with Gasteiger partial charge in [-0.3, -0.25) is 0 Å². The third-order valence-corrected chi connectivity index (χ3v) is 11.2. The molecule has 0 bridgehead atoms. The monoisotopic (exact) mass is 740 g/mol. The molecule has 10 rings (SSSR count). The Morgan fingerprint density at radius 3 is 1.53 bits per heavy atom. The van der Waals surface area contributed by atoms with E-state index in [4.69, 9.17) is 97.8 Å². The van der Waals surface area contributed by atoms with Crippen LogP contribution in [0.4, 0.5) is 0 Å². The highest BCUT2D eigenvalue weighted by molar-refractivity contribution is 6.70. The van der Waals surface area contributed by atoms with Crippen LogP contribution >= 0.6 is 0 Å². The molecule has 3 heterocycles. The van der Waals surface area contributed by atoms with Crippen LogP contribution in [0.3, 0.4) is 0 Å². The van der Waals surface area contributed by atoms with Gasteiger partial charge in [0, 0.05) is 43.9 Å². The summed E-state index contributed by atoms with van der Waals surface area (Å²) in [5.41, 5.74) is 7.60. The highest BCUT2D eigenvalue weighted by Crippen LogP contribution is 2.39. The highest BCUT2D eigenvalue weighted by atomic mass is 16.3. The number of hydrogen-bond donors (Lipinski definition) is 0. The van der Waals surface area contributed by atoms with Crippen LogP contribution in [0.1, 0.15) is 0 Å². The molecule has 60 heavy (non-hydrogen) atoms. The summed E-state index contributed by atoms with van der Waals surface area (Å²) in [5.74, 6) is 0.202. The normalized spacial score (nSPS) is 11.7. The summed E-state index contributed by atoms with van der Waals surface area (Å²) in [4.78, 5) is 14.5. The highest BCUT2D eigenvalue weighted by Gasteiger charge is 2.23. The molecule has 20 radical (unpaired) electrons. The van der Waals surface area contributed by atoms with Gasteiger partial charge in [-0.25, -0.2) is 15.0 Å². The summed E-state index contributed by atoms with van der Waals surface area (Å²) in [6, 6.07) is 37.0. The van der Waals surface area contributed by atoms with Crippen LogP contribution in [0.25, 0.3) is 94.7 Å². The Hall–Kier alpha value is -6.20. The minimum absolute atomic E-state index is 0.00673. The molecule has 254 valence electrons. The van der Waals surface area contributed by atoms with E-state index >= 15 is 0 Å². The number of benzene rings is 7. The molecule has 5 nitrogen and oxygen atoms in total. The fraction of sp³-hybridized carbons (Fsp3) is 0. The van der Waals surface area contributed by atoms with E-state index in [1.165, 1.54) is 0 Å². The zero-order chi connectivity index (χ0) is 41.7. The minimum atomic E-state index is 0.00673. The molecule has 0 aliphatic rings. The fourth-order valence-corrected chi connectivity index (χ4v) is 8.10. The van der Waals surface area contributed by atoms with E-state index in [1.54, 1.807) is 0 Å². The predicted octanol–water partition coefficient (Wildman–Crippen LogP) is -0.526. The minimum Gasteiger partial charge on any atom is -0.456 e. The Balaban J connectivity index is 1.17. The van der Waals surface area contributed by atoms with E-state index < -0.39 is 0 Å². The molecule has 0 saturated carbocycles. The van der Waals surface area contributed by atoms with Crippen LogP contribution in [-0.2, 0) is 0 Å². The molecule has 3 aromatic heterocycles. The Labute approximate surface area is 359 Å². The van der Waals surface area contributed by atoms with Crippen molar-refractivity contribution in [3.63, 3.8) is 0 Å². The predicted molar refractivity (Wildman–Crippen MR) is 257 cm³/mol. The topological polar surface area (TPSA) is 56.7 Å². The third-order valence-electron chi connectivity index (χ3n) is 11.2. The van der Waals surface area contributed by atoms with Crippen molar-refractivity contribution in [1.29, 1.82) is 0 Å². The van der Waals surface area contributed by atoms with Crippen LogP contribution < -0.4 is 54.6 Å². The summed E-state index contributed by atoms with van der Waals surface area (Å²) >= 11 is 0. The Morgan fingerprint density at radius 2 is 0.900 bits per heavy atom. The van der Waals surface area contributed by atoms with Crippen molar-refractivity contribution in [1.82, 2.24) is 19.5 Å². The summed E-state index contributed by atoms with van der Waals surface area (Å²) < 4.78 is 8.83. The quantitative estimate of drug-likeness (QED) is 0.223. The maximum Gasteiger partial charge on any atom is 0.164 e. The molecule has 0 aliphatic carbocycles. The lowest BCUT2D eigenvalue weighted by molar-refractivity contribution is 0.669. The summed E-state index contributed by atoms with van der Waals surface area (Å²) in [6.07, 6.45) is 0.